The van der Waals surface area contributed by atoms with Crippen molar-refractivity contribution in [2.75, 3.05) is 11.9 Å². The van der Waals surface area contributed by atoms with Gasteiger partial charge in [-0.1, -0.05) is 74.4 Å². The summed E-state index contributed by atoms with van der Waals surface area (Å²) in [6.07, 6.45) is 3.07. The van der Waals surface area contributed by atoms with Gasteiger partial charge < -0.3 is 4.90 Å². The molecule has 1 heterocycles. The molecule has 3 aromatic rings. The summed E-state index contributed by atoms with van der Waals surface area (Å²) in [5.74, 6) is 0.0613. The molecule has 3 heteroatoms. The van der Waals surface area contributed by atoms with Gasteiger partial charge >= 0.3 is 0 Å². The second kappa shape index (κ2) is 9.71. The highest BCUT2D eigenvalue weighted by Crippen LogP contribution is 2.27. The number of benzodiazepines with no additional fused rings is 1. The smallest absolute Gasteiger partial charge is 0.251 e. The number of nitrogens with zero attached hydrogens (tertiary/aromatic N) is 2. The van der Waals surface area contributed by atoms with Crippen LogP contribution in [0.3, 0.4) is 0 Å². The molecule has 1 aliphatic rings. The van der Waals surface area contributed by atoms with E-state index in [1.54, 1.807) is 4.90 Å². The Morgan fingerprint density at radius 2 is 1.70 bits per heavy atom. The van der Waals surface area contributed by atoms with Gasteiger partial charge in [-0.15, -0.1) is 0 Å². The molecular weight excluding hydrogens is 368 g/mol. The van der Waals surface area contributed by atoms with E-state index in [1.807, 2.05) is 26.1 Å². The summed E-state index contributed by atoms with van der Waals surface area (Å²) in [5, 5.41) is 2.67. The number of fused-ring (bicyclic) bond motifs is 2. The first-order valence-corrected chi connectivity index (χ1v) is 10.9. The van der Waals surface area contributed by atoms with Gasteiger partial charge in [-0.05, 0) is 55.2 Å². The van der Waals surface area contributed by atoms with Crippen LogP contribution in [0.2, 0.25) is 0 Å². The van der Waals surface area contributed by atoms with Crippen LogP contribution in [0.25, 0.3) is 10.8 Å². The van der Waals surface area contributed by atoms with Gasteiger partial charge in [-0.3, -0.25) is 9.79 Å². The maximum Gasteiger partial charge on any atom is 0.251 e. The van der Waals surface area contributed by atoms with E-state index in [9.17, 15) is 4.79 Å². The Kier molecular flexibility index (Phi) is 7.04. The quantitative estimate of drug-likeness (QED) is 0.504. The first-order valence-electron chi connectivity index (χ1n) is 10.9. The van der Waals surface area contributed by atoms with Crippen molar-refractivity contribution in [3.05, 3.63) is 77.4 Å². The lowest BCUT2D eigenvalue weighted by Crippen LogP contribution is -2.32. The average molecular weight is 401 g/mol. The van der Waals surface area contributed by atoms with Crippen LogP contribution in [0.5, 0.6) is 0 Å². The minimum atomic E-state index is -0.288. The van der Waals surface area contributed by atoms with Crippen LogP contribution in [0, 0.1) is 6.92 Å². The van der Waals surface area contributed by atoms with E-state index in [0.29, 0.717) is 0 Å². The molecule has 3 aromatic carbocycles. The Hall–Kier alpha value is -2.94. The number of anilines is 1. The zero-order valence-corrected chi connectivity index (χ0v) is 18.8. The van der Waals surface area contributed by atoms with Crippen molar-refractivity contribution in [3.8, 4) is 0 Å². The average Bonchev–Trinajstić information content (AvgIpc) is 2.85. The highest BCUT2D eigenvalue weighted by atomic mass is 16.2. The lowest BCUT2D eigenvalue weighted by molar-refractivity contribution is -0.119. The van der Waals surface area contributed by atoms with Gasteiger partial charge in [0.1, 0.15) is 6.04 Å². The van der Waals surface area contributed by atoms with Crippen LogP contribution in [0.4, 0.5) is 5.69 Å². The number of rotatable bonds is 3. The van der Waals surface area contributed by atoms with Gasteiger partial charge in [0.2, 0.25) is 0 Å². The summed E-state index contributed by atoms with van der Waals surface area (Å²) in [7, 11) is 1.83. The molecule has 0 saturated carbocycles. The molecule has 1 aliphatic heterocycles. The molecule has 1 amide bonds. The van der Waals surface area contributed by atoms with Crippen molar-refractivity contribution in [2.45, 2.75) is 53.0 Å². The van der Waals surface area contributed by atoms with Crippen LogP contribution in [0.1, 0.15) is 50.3 Å². The molecule has 4 rings (SSSR count). The Labute approximate surface area is 180 Å². The van der Waals surface area contributed by atoms with Crippen molar-refractivity contribution >= 4 is 28.1 Å². The Balaban J connectivity index is 0.000000184. The Morgan fingerprint density at radius 1 is 0.967 bits per heavy atom. The molecule has 0 spiro atoms. The van der Waals surface area contributed by atoms with E-state index < -0.39 is 0 Å². The number of aryl methyl sites for hydroxylation is 2. The predicted octanol–water partition coefficient (Wildman–Crippen LogP) is 6.35. The number of hydrogen-bond acceptors (Lipinski definition) is 2. The van der Waals surface area contributed by atoms with Crippen molar-refractivity contribution < 1.29 is 4.79 Å². The minimum absolute atomic E-state index is 0.0613. The predicted molar refractivity (Wildman–Crippen MR) is 129 cm³/mol. The second-order valence-corrected chi connectivity index (χ2v) is 7.95. The first-order chi connectivity index (χ1) is 14.4. The largest absolute Gasteiger partial charge is 0.313 e. The third-order valence-electron chi connectivity index (χ3n) is 5.57. The van der Waals surface area contributed by atoms with Crippen LogP contribution in [-0.2, 0) is 11.2 Å². The number of aliphatic imine (C=N–C) groups is 1. The number of carbonyl (C=O) groups is 1. The number of amides is 1. The topological polar surface area (TPSA) is 32.7 Å². The van der Waals surface area contributed by atoms with Gasteiger partial charge in [0.05, 0.1) is 5.69 Å². The van der Waals surface area contributed by atoms with E-state index in [0.717, 1.165) is 36.2 Å². The maximum absolute atomic E-state index is 12.2. The van der Waals surface area contributed by atoms with E-state index in [4.69, 9.17) is 0 Å². The Bertz CT molecular complexity index is 1070. The van der Waals surface area contributed by atoms with E-state index in [1.165, 1.54) is 21.9 Å². The highest BCUT2D eigenvalue weighted by Gasteiger charge is 2.25. The fourth-order valence-corrected chi connectivity index (χ4v) is 3.83. The lowest BCUT2D eigenvalue weighted by atomic mass is 10.0. The molecule has 0 aromatic heterocycles. The van der Waals surface area contributed by atoms with Crippen LogP contribution in [-0.4, -0.2) is 24.7 Å². The molecule has 1 atom stereocenters. The third kappa shape index (κ3) is 4.79. The molecule has 30 heavy (non-hydrogen) atoms. The van der Waals surface area contributed by atoms with Gasteiger partial charge in [0, 0.05) is 18.3 Å². The monoisotopic (exact) mass is 400 g/mol. The van der Waals surface area contributed by atoms with Crippen molar-refractivity contribution in [3.63, 3.8) is 0 Å². The summed E-state index contributed by atoms with van der Waals surface area (Å²) in [6.45, 7) is 8.26. The fourth-order valence-electron chi connectivity index (χ4n) is 3.83. The standard InChI is InChI=1S/C15H20N2O.C12H12/c1-5-6-13-12-9-10(2)7-8-14(12)17(4)15(18)11(3)16-13;1-2-10-7-8-11-5-3-4-6-12(11)9-10/h7-9,11H,5-6H2,1-4H3;3-9H,2H2,1H3. The van der Waals surface area contributed by atoms with Gasteiger partial charge in [0.15, 0.2) is 0 Å². The third-order valence-corrected chi connectivity index (χ3v) is 5.57. The minimum Gasteiger partial charge on any atom is -0.313 e. The van der Waals surface area contributed by atoms with E-state index in [-0.39, 0.29) is 11.9 Å². The van der Waals surface area contributed by atoms with Crippen LogP contribution in [0.15, 0.2) is 65.7 Å². The molecular formula is C27H32N2O. The molecule has 0 bridgehead atoms. The Morgan fingerprint density at radius 3 is 2.40 bits per heavy atom. The van der Waals surface area contributed by atoms with Crippen molar-refractivity contribution in [1.29, 1.82) is 0 Å². The van der Waals surface area contributed by atoms with Crippen LogP contribution >= 0.6 is 0 Å². The van der Waals surface area contributed by atoms with Crippen molar-refractivity contribution in [1.82, 2.24) is 0 Å². The molecule has 0 aliphatic carbocycles. The lowest BCUT2D eigenvalue weighted by Gasteiger charge is -2.19. The summed E-state index contributed by atoms with van der Waals surface area (Å²) in [5.41, 5.74) is 5.75. The van der Waals surface area contributed by atoms with Crippen LogP contribution < -0.4 is 4.90 Å². The van der Waals surface area contributed by atoms with E-state index >= 15 is 0 Å². The molecule has 156 valence electrons. The maximum atomic E-state index is 12.2. The molecule has 0 radical (unpaired) electrons. The zero-order valence-electron chi connectivity index (χ0n) is 18.8. The SMILES string of the molecule is CCCC1=NC(C)C(=O)N(C)c2ccc(C)cc21.CCc1ccc2ccccc2c1. The van der Waals surface area contributed by atoms with Gasteiger partial charge in [0.25, 0.3) is 5.91 Å². The van der Waals surface area contributed by atoms with Crippen molar-refractivity contribution in [2.24, 2.45) is 4.99 Å². The molecule has 0 fully saturated rings. The summed E-state index contributed by atoms with van der Waals surface area (Å²) in [6, 6.07) is 21.0. The molecule has 0 saturated heterocycles. The second-order valence-electron chi connectivity index (χ2n) is 7.95. The number of likely N-dealkylation sites (N-methyl/N-ethyl adjacent to an activating group) is 1. The summed E-state index contributed by atoms with van der Waals surface area (Å²) in [4.78, 5) is 18.5. The fraction of sp³-hybridized carbons (Fsp3) is 0.333. The zero-order chi connectivity index (χ0) is 21.7. The van der Waals surface area contributed by atoms with Gasteiger partial charge in [-0.25, -0.2) is 0 Å². The number of hydrogen-bond donors (Lipinski definition) is 0. The normalized spacial score (nSPS) is 15.8. The summed E-state index contributed by atoms with van der Waals surface area (Å²) >= 11 is 0. The number of benzene rings is 3. The highest BCUT2D eigenvalue weighted by molar-refractivity contribution is 6.12. The molecule has 0 N–H and O–H groups in total. The molecule has 3 nitrogen and oxygen atoms in total. The van der Waals surface area contributed by atoms with E-state index in [2.05, 4.69) is 74.3 Å². The number of carbonyl (C=O) groups excluding carboxylic acids is 1. The first kappa shape index (κ1) is 21.8. The van der Waals surface area contributed by atoms with Gasteiger partial charge in [-0.2, -0.15) is 0 Å². The summed E-state index contributed by atoms with van der Waals surface area (Å²) < 4.78 is 0. The molecule has 1 unspecified atom stereocenters.